The van der Waals surface area contributed by atoms with Crippen LogP contribution in [0.15, 0.2) is 18.2 Å². The van der Waals surface area contributed by atoms with Gasteiger partial charge in [-0.25, -0.2) is 4.39 Å². The van der Waals surface area contributed by atoms with Gasteiger partial charge in [0.2, 0.25) is 0 Å². The largest absolute Gasteiger partial charge is 0.399 e. The van der Waals surface area contributed by atoms with Gasteiger partial charge in [0.05, 0.1) is 12.3 Å². The van der Waals surface area contributed by atoms with Crippen molar-refractivity contribution in [1.29, 1.82) is 0 Å². The number of hydrogen-bond acceptors (Lipinski definition) is 4. The van der Waals surface area contributed by atoms with Crippen molar-refractivity contribution in [2.45, 2.75) is 6.04 Å². The van der Waals surface area contributed by atoms with Gasteiger partial charge < -0.3 is 21.1 Å². The standard InChI is InChI=1S/C11H16FN3O/c12-10-5-8(13)1-2-11(10)15-4-3-14-9(6-15)7-16/h1-2,5,9,14,16H,3-4,6-7,13H2. The highest BCUT2D eigenvalue weighted by Crippen LogP contribution is 2.22. The van der Waals surface area contributed by atoms with E-state index < -0.39 is 0 Å². The lowest BCUT2D eigenvalue weighted by Crippen LogP contribution is -2.52. The van der Waals surface area contributed by atoms with Crippen LogP contribution < -0.4 is 16.0 Å². The molecule has 1 saturated heterocycles. The van der Waals surface area contributed by atoms with Crippen LogP contribution in [0.5, 0.6) is 0 Å². The van der Waals surface area contributed by atoms with Gasteiger partial charge in [-0.1, -0.05) is 0 Å². The molecule has 4 nitrogen and oxygen atoms in total. The zero-order valence-electron chi connectivity index (χ0n) is 8.99. The number of anilines is 2. The first-order valence-corrected chi connectivity index (χ1v) is 5.35. The average molecular weight is 225 g/mol. The maximum absolute atomic E-state index is 13.7. The van der Waals surface area contributed by atoms with Gasteiger partial charge in [0.1, 0.15) is 5.82 Å². The topological polar surface area (TPSA) is 61.5 Å². The number of nitrogens with two attached hydrogens (primary N) is 1. The number of nitrogens with one attached hydrogen (secondary N) is 1. The molecule has 16 heavy (non-hydrogen) atoms. The second kappa shape index (κ2) is 4.67. The van der Waals surface area contributed by atoms with Gasteiger partial charge in [-0.3, -0.25) is 0 Å². The molecule has 0 spiro atoms. The van der Waals surface area contributed by atoms with Gasteiger partial charge in [-0.15, -0.1) is 0 Å². The third kappa shape index (κ3) is 2.25. The minimum absolute atomic E-state index is 0.00528. The first-order chi connectivity index (χ1) is 7.70. The highest BCUT2D eigenvalue weighted by atomic mass is 19.1. The number of rotatable bonds is 2. The molecule has 4 N–H and O–H groups in total. The summed E-state index contributed by atoms with van der Waals surface area (Å²) >= 11 is 0. The molecular weight excluding hydrogens is 209 g/mol. The number of piperazine rings is 1. The van der Waals surface area contributed by atoms with Gasteiger partial charge in [0, 0.05) is 31.4 Å². The Morgan fingerprint density at radius 1 is 1.56 bits per heavy atom. The minimum atomic E-state index is -0.307. The highest BCUT2D eigenvalue weighted by molar-refractivity contribution is 5.54. The average Bonchev–Trinajstić information content (AvgIpc) is 2.29. The fraction of sp³-hybridized carbons (Fsp3) is 0.455. The first-order valence-electron chi connectivity index (χ1n) is 5.35. The Hall–Kier alpha value is -1.33. The monoisotopic (exact) mass is 225 g/mol. The number of aliphatic hydroxyl groups is 1. The van der Waals surface area contributed by atoms with Gasteiger partial charge in [-0.2, -0.15) is 0 Å². The number of halogens is 1. The van der Waals surface area contributed by atoms with E-state index in [0.29, 0.717) is 17.9 Å². The molecule has 5 heteroatoms. The summed E-state index contributed by atoms with van der Waals surface area (Å²) in [6.45, 7) is 2.15. The fourth-order valence-electron chi connectivity index (χ4n) is 1.95. The lowest BCUT2D eigenvalue weighted by molar-refractivity contribution is 0.235. The molecule has 1 atom stereocenters. The van der Waals surface area contributed by atoms with Crippen LogP contribution in [0.1, 0.15) is 0 Å². The van der Waals surface area contributed by atoms with E-state index in [1.807, 2.05) is 4.90 Å². The van der Waals surface area contributed by atoms with Crippen LogP contribution >= 0.6 is 0 Å². The van der Waals surface area contributed by atoms with Crippen molar-refractivity contribution in [1.82, 2.24) is 5.32 Å². The molecule has 0 bridgehead atoms. The molecule has 0 radical (unpaired) electrons. The maximum Gasteiger partial charge on any atom is 0.148 e. The van der Waals surface area contributed by atoms with Crippen LogP contribution in [0.25, 0.3) is 0 Å². The SMILES string of the molecule is Nc1ccc(N2CCNC(CO)C2)c(F)c1. The summed E-state index contributed by atoms with van der Waals surface area (Å²) in [5, 5.41) is 12.2. The van der Waals surface area contributed by atoms with Gasteiger partial charge in [0.15, 0.2) is 0 Å². The first kappa shape index (κ1) is 11.2. The van der Waals surface area contributed by atoms with Crippen molar-refractivity contribution in [3.05, 3.63) is 24.0 Å². The van der Waals surface area contributed by atoms with Crippen LogP contribution in [0.3, 0.4) is 0 Å². The predicted molar refractivity (Wildman–Crippen MR) is 61.9 cm³/mol. The molecular formula is C11H16FN3O. The van der Waals surface area contributed by atoms with Crippen molar-refractivity contribution >= 4 is 11.4 Å². The second-order valence-electron chi connectivity index (χ2n) is 3.99. The van der Waals surface area contributed by atoms with E-state index >= 15 is 0 Å². The molecule has 0 amide bonds. The number of nitrogen functional groups attached to an aromatic ring is 1. The lowest BCUT2D eigenvalue weighted by atomic mass is 10.2. The van der Waals surface area contributed by atoms with Crippen molar-refractivity contribution < 1.29 is 9.50 Å². The Balaban J connectivity index is 2.16. The molecule has 88 valence electrons. The van der Waals surface area contributed by atoms with Crippen molar-refractivity contribution in [2.24, 2.45) is 0 Å². The van der Waals surface area contributed by atoms with Gasteiger partial charge in [-0.05, 0) is 18.2 Å². The van der Waals surface area contributed by atoms with Crippen LogP contribution in [0.2, 0.25) is 0 Å². The summed E-state index contributed by atoms with van der Waals surface area (Å²) in [6.07, 6.45) is 0. The Morgan fingerprint density at radius 3 is 3.06 bits per heavy atom. The fourth-order valence-corrected chi connectivity index (χ4v) is 1.95. The molecule has 1 heterocycles. The minimum Gasteiger partial charge on any atom is -0.399 e. The van der Waals surface area contributed by atoms with Crippen molar-refractivity contribution in [3.8, 4) is 0 Å². The van der Waals surface area contributed by atoms with Crippen molar-refractivity contribution in [3.63, 3.8) is 0 Å². The summed E-state index contributed by atoms with van der Waals surface area (Å²) in [7, 11) is 0. The van der Waals surface area contributed by atoms with Crippen LogP contribution in [-0.2, 0) is 0 Å². The number of hydrogen-bond donors (Lipinski definition) is 3. The molecule has 1 aromatic rings. The molecule has 1 aliphatic rings. The number of nitrogens with zero attached hydrogens (tertiary/aromatic N) is 1. The summed E-state index contributed by atoms with van der Waals surface area (Å²) in [5.74, 6) is -0.307. The Bertz CT molecular complexity index is 372. The Morgan fingerprint density at radius 2 is 2.38 bits per heavy atom. The smallest absolute Gasteiger partial charge is 0.148 e. The van der Waals surface area contributed by atoms with E-state index in [2.05, 4.69) is 5.32 Å². The summed E-state index contributed by atoms with van der Waals surface area (Å²) < 4.78 is 13.7. The lowest BCUT2D eigenvalue weighted by Gasteiger charge is -2.34. The zero-order valence-corrected chi connectivity index (χ0v) is 8.99. The predicted octanol–water partition coefficient (Wildman–Crippen LogP) is 0.178. The summed E-state index contributed by atoms with van der Waals surface area (Å²) in [4.78, 5) is 1.92. The summed E-state index contributed by atoms with van der Waals surface area (Å²) in [5.41, 5.74) is 6.48. The van der Waals surface area contributed by atoms with Gasteiger partial charge in [0.25, 0.3) is 0 Å². The quantitative estimate of drug-likeness (QED) is 0.628. The molecule has 0 saturated carbocycles. The Labute approximate surface area is 93.9 Å². The van der Waals surface area contributed by atoms with E-state index in [-0.39, 0.29) is 18.5 Å². The highest BCUT2D eigenvalue weighted by Gasteiger charge is 2.20. The van der Waals surface area contributed by atoms with E-state index in [4.69, 9.17) is 10.8 Å². The van der Waals surface area contributed by atoms with E-state index in [0.717, 1.165) is 13.1 Å². The second-order valence-corrected chi connectivity index (χ2v) is 3.99. The van der Waals surface area contributed by atoms with E-state index in [1.165, 1.54) is 6.07 Å². The zero-order chi connectivity index (χ0) is 11.5. The van der Waals surface area contributed by atoms with Crippen LogP contribution in [0, 0.1) is 5.82 Å². The van der Waals surface area contributed by atoms with Crippen molar-refractivity contribution in [2.75, 3.05) is 36.9 Å². The molecule has 1 aliphatic heterocycles. The third-order valence-corrected chi connectivity index (χ3v) is 2.79. The maximum atomic E-state index is 13.7. The number of benzene rings is 1. The van der Waals surface area contributed by atoms with E-state index in [9.17, 15) is 4.39 Å². The normalized spacial score (nSPS) is 21.1. The number of aliphatic hydroxyl groups excluding tert-OH is 1. The molecule has 1 unspecified atom stereocenters. The summed E-state index contributed by atoms with van der Waals surface area (Å²) in [6, 6.07) is 4.70. The Kier molecular flexibility index (Phi) is 3.26. The van der Waals surface area contributed by atoms with Crippen LogP contribution in [0.4, 0.5) is 15.8 Å². The molecule has 1 fully saturated rings. The molecule has 0 aromatic heterocycles. The van der Waals surface area contributed by atoms with Crippen LogP contribution in [-0.4, -0.2) is 37.4 Å². The molecule has 0 aliphatic carbocycles. The molecule has 1 aromatic carbocycles. The van der Waals surface area contributed by atoms with E-state index in [1.54, 1.807) is 12.1 Å². The third-order valence-electron chi connectivity index (χ3n) is 2.79. The molecule has 2 rings (SSSR count). The van der Waals surface area contributed by atoms with Gasteiger partial charge >= 0.3 is 0 Å².